The van der Waals surface area contributed by atoms with Crippen LogP contribution in [0.25, 0.3) is 5.69 Å². The van der Waals surface area contributed by atoms with Crippen molar-refractivity contribution >= 4 is 32.1 Å². The maximum Gasteiger partial charge on any atom is 0.294 e. The molecule has 3 atom stereocenters. The second kappa shape index (κ2) is 20.7. The zero-order valence-corrected chi connectivity index (χ0v) is 35.2. The van der Waals surface area contributed by atoms with Crippen LogP contribution >= 0.6 is 0 Å². The Hall–Kier alpha value is -5.37. The van der Waals surface area contributed by atoms with Crippen molar-refractivity contribution < 1.29 is 39.9 Å². The van der Waals surface area contributed by atoms with E-state index in [4.69, 9.17) is 9.11 Å². The number of hydrogen-bond donors (Lipinski definition) is 4. The Labute approximate surface area is 350 Å². The zero-order valence-electron chi connectivity index (χ0n) is 33.6. The van der Waals surface area contributed by atoms with E-state index in [1.807, 2.05) is 37.9 Å². The molecule has 4 N–H and O–H groups in total. The first kappa shape index (κ1) is 45.7. The number of likely N-dealkylation sites (N-methyl/N-ethyl adjacent to an activating group) is 1. The molecule has 5 aromatic rings. The van der Waals surface area contributed by atoms with Gasteiger partial charge in [0.2, 0.25) is 5.91 Å². The van der Waals surface area contributed by atoms with Crippen molar-refractivity contribution in [3.05, 3.63) is 138 Å². The first-order chi connectivity index (χ1) is 28.5. The molecule has 0 unspecified atom stereocenters. The molecule has 1 aliphatic heterocycles. The number of carbonyl (C=O) groups excluding carboxylic acids is 2. The molecule has 2 aliphatic rings. The number of halogens is 1. The SMILES string of the molecule is CN1CCN(C(=O)[C@H](CCCN[C@@H]2C[C@H]2c2ccc(F)cc2)NC(=O)c2ccc(-n3ccnn3)cc2)CC1.Cc1ccc(S(=O)(=O)O)cc1.Cc1ccc(S(=O)(=O)O)cc1. The predicted molar refractivity (Wildman–Crippen MR) is 223 cm³/mol. The Morgan fingerprint density at radius 2 is 1.35 bits per heavy atom. The van der Waals surface area contributed by atoms with Gasteiger partial charge >= 0.3 is 0 Å². The fraction of sp³-hybridized carbons (Fsp3) is 0.333. The van der Waals surface area contributed by atoms with E-state index in [0.29, 0.717) is 37.0 Å². The summed E-state index contributed by atoms with van der Waals surface area (Å²) in [6, 6.07) is 25.5. The monoisotopic (exact) mass is 863 g/mol. The van der Waals surface area contributed by atoms with Gasteiger partial charge in [0.1, 0.15) is 11.9 Å². The van der Waals surface area contributed by atoms with E-state index >= 15 is 0 Å². The van der Waals surface area contributed by atoms with Crippen LogP contribution in [0.2, 0.25) is 0 Å². The number of nitrogens with zero attached hydrogens (tertiary/aromatic N) is 5. The van der Waals surface area contributed by atoms with Crippen LogP contribution in [0.15, 0.2) is 119 Å². The van der Waals surface area contributed by atoms with Crippen LogP contribution in [-0.2, 0) is 25.0 Å². The molecule has 1 aromatic heterocycles. The molecule has 0 bridgehead atoms. The lowest BCUT2D eigenvalue weighted by atomic mass is 10.1. The van der Waals surface area contributed by atoms with Gasteiger partial charge in [0.25, 0.3) is 26.1 Å². The smallest absolute Gasteiger partial charge is 0.294 e. The van der Waals surface area contributed by atoms with Crippen molar-refractivity contribution in [1.82, 2.24) is 35.4 Å². The number of hydrogen-bond acceptors (Lipinski definition) is 10. The minimum Gasteiger partial charge on any atom is -0.340 e. The number of carbonyl (C=O) groups is 2. The zero-order chi connectivity index (χ0) is 43.5. The molecule has 4 aromatic carbocycles. The lowest BCUT2D eigenvalue weighted by molar-refractivity contribution is -0.135. The summed E-state index contributed by atoms with van der Waals surface area (Å²) in [5, 5.41) is 14.3. The van der Waals surface area contributed by atoms with Crippen LogP contribution in [0.1, 0.15) is 52.2 Å². The number of amides is 2. The van der Waals surface area contributed by atoms with Crippen molar-refractivity contribution in [1.29, 1.82) is 0 Å². The van der Waals surface area contributed by atoms with Gasteiger partial charge < -0.3 is 20.4 Å². The van der Waals surface area contributed by atoms with Gasteiger partial charge in [0, 0.05) is 43.7 Å². The molecular formula is C42H50FN7O8S2. The Balaban J connectivity index is 0.000000252. The maximum absolute atomic E-state index is 13.4. The molecule has 0 radical (unpaired) electrons. The highest BCUT2D eigenvalue weighted by Crippen LogP contribution is 2.40. The second-order valence-corrected chi connectivity index (χ2v) is 17.6. The number of benzene rings is 4. The third-order valence-electron chi connectivity index (χ3n) is 10.0. The quantitative estimate of drug-likeness (QED) is 0.0997. The van der Waals surface area contributed by atoms with Crippen molar-refractivity contribution in [2.24, 2.45) is 0 Å². The summed E-state index contributed by atoms with van der Waals surface area (Å²) >= 11 is 0. The molecule has 320 valence electrons. The molecule has 15 nitrogen and oxygen atoms in total. The van der Waals surface area contributed by atoms with Gasteiger partial charge in [-0.15, -0.1) is 5.10 Å². The normalized spacial score (nSPS) is 17.0. The summed E-state index contributed by atoms with van der Waals surface area (Å²) in [6.07, 6.45) is 5.65. The highest BCUT2D eigenvalue weighted by atomic mass is 32.2. The molecule has 60 heavy (non-hydrogen) atoms. The average molecular weight is 864 g/mol. The van der Waals surface area contributed by atoms with Crippen molar-refractivity contribution in [2.45, 2.75) is 60.9 Å². The molecule has 2 fully saturated rings. The molecule has 7 rings (SSSR count). The molecule has 2 heterocycles. The molecule has 1 saturated heterocycles. The van der Waals surface area contributed by atoms with Crippen LogP contribution in [0, 0.1) is 19.7 Å². The van der Waals surface area contributed by atoms with Gasteiger partial charge in [-0.1, -0.05) is 52.7 Å². The fourth-order valence-corrected chi connectivity index (χ4v) is 7.33. The summed E-state index contributed by atoms with van der Waals surface area (Å²) in [5.41, 5.74) is 4.35. The van der Waals surface area contributed by atoms with E-state index in [0.717, 1.165) is 54.9 Å². The van der Waals surface area contributed by atoms with E-state index < -0.39 is 26.3 Å². The lowest BCUT2D eigenvalue weighted by Crippen LogP contribution is -2.54. The Morgan fingerprint density at radius 1 is 0.800 bits per heavy atom. The van der Waals surface area contributed by atoms with Crippen molar-refractivity contribution in [3.8, 4) is 5.69 Å². The molecular weight excluding hydrogens is 814 g/mol. The van der Waals surface area contributed by atoms with Gasteiger partial charge in [-0.3, -0.25) is 18.7 Å². The topological polar surface area (TPSA) is 204 Å². The number of aromatic nitrogens is 3. The van der Waals surface area contributed by atoms with E-state index in [2.05, 4.69) is 25.8 Å². The summed E-state index contributed by atoms with van der Waals surface area (Å²) in [6.45, 7) is 7.40. The van der Waals surface area contributed by atoms with Crippen LogP contribution in [-0.4, -0.2) is 114 Å². The van der Waals surface area contributed by atoms with Gasteiger partial charge in [0.05, 0.1) is 27.9 Å². The summed E-state index contributed by atoms with van der Waals surface area (Å²) in [4.78, 5) is 30.4. The van der Waals surface area contributed by atoms with Crippen LogP contribution in [0.4, 0.5) is 4.39 Å². The molecule has 0 spiro atoms. The summed E-state index contributed by atoms with van der Waals surface area (Å²) < 4.78 is 73.9. The molecule has 1 saturated carbocycles. The van der Waals surface area contributed by atoms with Gasteiger partial charge in [-0.05, 0) is 113 Å². The Morgan fingerprint density at radius 3 is 1.85 bits per heavy atom. The standard InChI is InChI=1S/C28H34FN7O2.2C7H8O3S/c1-34-15-17-35(18-16-34)28(38)25(3-2-12-30-26-19-24(26)20-4-8-22(29)9-5-20)32-27(37)21-6-10-23(11-7-21)36-14-13-31-33-36;2*1-6-2-4-7(5-3-6)11(8,9)10/h4-11,13-14,24-26,30H,2-3,12,15-19H2,1H3,(H,32,37);2*2-5H,1H3,(H,8,9,10)/t24-,25-,26+;;/m0../s1. The maximum atomic E-state index is 13.4. The highest BCUT2D eigenvalue weighted by molar-refractivity contribution is 7.86. The highest BCUT2D eigenvalue weighted by Gasteiger charge is 2.37. The summed E-state index contributed by atoms with van der Waals surface area (Å²) in [7, 11) is -5.99. The van der Waals surface area contributed by atoms with Crippen LogP contribution in [0.3, 0.4) is 0 Å². The largest absolute Gasteiger partial charge is 0.340 e. The van der Waals surface area contributed by atoms with E-state index in [-0.39, 0.29) is 27.4 Å². The average Bonchev–Trinajstić information content (AvgIpc) is 3.77. The summed E-state index contributed by atoms with van der Waals surface area (Å²) in [5.74, 6) is -0.114. The minimum absolute atomic E-state index is 0.0266. The van der Waals surface area contributed by atoms with Crippen molar-refractivity contribution in [2.75, 3.05) is 39.8 Å². The fourth-order valence-electron chi connectivity index (χ4n) is 6.37. The number of nitrogens with one attached hydrogen (secondary N) is 2. The second-order valence-electron chi connectivity index (χ2n) is 14.7. The van der Waals surface area contributed by atoms with Gasteiger partial charge in [-0.2, -0.15) is 16.8 Å². The van der Waals surface area contributed by atoms with E-state index in [1.54, 1.807) is 65.6 Å². The molecule has 18 heteroatoms. The first-order valence-corrected chi connectivity index (χ1v) is 22.2. The van der Waals surface area contributed by atoms with Crippen LogP contribution in [0.5, 0.6) is 0 Å². The van der Waals surface area contributed by atoms with Gasteiger partial charge in [0.15, 0.2) is 0 Å². The van der Waals surface area contributed by atoms with Gasteiger partial charge in [-0.25, -0.2) is 9.07 Å². The lowest BCUT2D eigenvalue weighted by Gasteiger charge is -2.34. The minimum atomic E-state index is -4.02. The van der Waals surface area contributed by atoms with Crippen molar-refractivity contribution in [3.63, 3.8) is 0 Å². The molecule has 1 aliphatic carbocycles. The van der Waals surface area contributed by atoms with E-state index in [9.17, 15) is 30.8 Å². The third-order valence-corrected chi connectivity index (χ3v) is 11.8. The number of aryl methyl sites for hydroxylation is 2. The number of rotatable bonds is 12. The first-order valence-electron chi connectivity index (χ1n) is 19.3. The van der Waals surface area contributed by atoms with E-state index in [1.165, 1.54) is 36.4 Å². The Kier molecular flexibility index (Phi) is 15.8. The van der Waals surface area contributed by atoms with Crippen LogP contribution < -0.4 is 10.6 Å². The Bertz CT molecular complexity index is 2300. The predicted octanol–water partition coefficient (Wildman–Crippen LogP) is 4.69. The third kappa shape index (κ3) is 13.9. The number of piperazine rings is 1. The molecule has 2 amide bonds.